The van der Waals surface area contributed by atoms with Gasteiger partial charge in [-0.25, -0.2) is 0 Å². The first kappa shape index (κ1) is 17.6. The van der Waals surface area contributed by atoms with Gasteiger partial charge in [-0.05, 0) is 36.4 Å². The third-order valence-electron chi connectivity index (χ3n) is 2.96. The van der Waals surface area contributed by atoms with Gasteiger partial charge in [0.1, 0.15) is 0 Å². The van der Waals surface area contributed by atoms with Gasteiger partial charge in [0.25, 0.3) is 11.8 Å². The van der Waals surface area contributed by atoms with Gasteiger partial charge in [0.15, 0.2) is 0 Å². The predicted octanol–water partition coefficient (Wildman–Crippen LogP) is 3.81. The lowest BCUT2D eigenvalue weighted by atomic mass is 10.2. The molecule has 0 saturated carbocycles. The van der Waals surface area contributed by atoms with Gasteiger partial charge in [-0.3, -0.25) is 9.59 Å². The van der Waals surface area contributed by atoms with E-state index in [0.717, 1.165) is 0 Å². The van der Waals surface area contributed by atoms with E-state index >= 15 is 0 Å². The minimum Gasteiger partial charge on any atom is -0.350 e. The van der Waals surface area contributed by atoms with E-state index in [4.69, 9.17) is 34.8 Å². The van der Waals surface area contributed by atoms with Crippen LogP contribution in [0.4, 0.5) is 0 Å². The van der Waals surface area contributed by atoms with Crippen molar-refractivity contribution in [2.45, 2.75) is 0 Å². The van der Waals surface area contributed by atoms with Gasteiger partial charge >= 0.3 is 0 Å². The molecule has 2 amide bonds. The summed E-state index contributed by atoms with van der Waals surface area (Å²) >= 11 is 17.6. The average Bonchev–Trinajstić information content (AvgIpc) is 2.51. The Labute approximate surface area is 148 Å². The molecule has 2 aromatic rings. The molecule has 23 heavy (non-hydrogen) atoms. The third kappa shape index (κ3) is 5.13. The number of rotatable bonds is 5. The SMILES string of the molecule is O=C(NCCNC(=O)c1ccc(Cl)cc1Cl)c1cccc(Cl)c1. The van der Waals surface area contributed by atoms with Crippen molar-refractivity contribution >= 4 is 46.6 Å². The van der Waals surface area contributed by atoms with Gasteiger partial charge in [0.05, 0.1) is 10.6 Å². The second kappa shape index (κ2) is 8.20. The number of hydrogen-bond acceptors (Lipinski definition) is 2. The van der Waals surface area contributed by atoms with Crippen LogP contribution in [0.15, 0.2) is 42.5 Å². The lowest BCUT2D eigenvalue weighted by Crippen LogP contribution is -2.34. The minimum atomic E-state index is -0.330. The molecule has 0 heterocycles. The largest absolute Gasteiger partial charge is 0.350 e. The maximum Gasteiger partial charge on any atom is 0.252 e. The zero-order valence-electron chi connectivity index (χ0n) is 11.9. The van der Waals surface area contributed by atoms with Crippen LogP contribution in [0.3, 0.4) is 0 Å². The molecule has 0 spiro atoms. The molecule has 0 atom stereocenters. The summed E-state index contributed by atoms with van der Waals surface area (Å²) in [4.78, 5) is 23.9. The normalized spacial score (nSPS) is 10.2. The van der Waals surface area contributed by atoms with E-state index in [1.54, 1.807) is 36.4 Å². The van der Waals surface area contributed by atoms with E-state index in [1.807, 2.05) is 0 Å². The molecule has 0 aliphatic carbocycles. The molecule has 0 saturated heterocycles. The lowest BCUT2D eigenvalue weighted by molar-refractivity contribution is 0.0927. The van der Waals surface area contributed by atoms with Gasteiger partial charge in [0, 0.05) is 28.7 Å². The summed E-state index contributed by atoms with van der Waals surface area (Å²) in [6.07, 6.45) is 0. The Balaban J connectivity index is 1.81. The molecule has 0 aromatic heterocycles. The molecule has 0 radical (unpaired) electrons. The summed E-state index contributed by atoms with van der Waals surface area (Å²) in [5.74, 6) is -0.588. The molecule has 2 N–H and O–H groups in total. The third-order valence-corrected chi connectivity index (χ3v) is 3.74. The van der Waals surface area contributed by atoms with Crippen LogP contribution < -0.4 is 10.6 Å². The first-order chi connectivity index (χ1) is 11.0. The van der Waals surface area contributed by atoms with Crippen molar-refractivity contribution in [2.24, 2.45) is 0 Å². The van der Waals surface area contributed by atoms with Crippen molar-refractivity contribution in [1.29, 1.82) is 0 Å². The van der Waals surface area contributed by atoms with Gasteiger partial charge < -0.3 is 10.6 Å². The maximum atomic E-state index is 12.0. The van der Waals surface area contributed by atoms with Crippen molar-refractivity contribution in [3.63, 3.8) is 0 Å². The fraction of sp³-hybridized carbons (Fsp3) is 0.125. The number of carbonyl (C=O) groups excluding carboxylic acids is 2. The van der Waals surface area contributed by atoms with Crippen molar-refractivity contribution in [1.82, 2.24) is 10.6 Å². The summed E-state index contributed by atoms with van der Waals surface area (Å²) < 4.78 is 0. The molecule has 7 heteroatoms. The van der Waals surface area contributed by atoms with Gasteiger partial charge in [-0.1, -0.05) is 40.9 Å². The Kier molecular flexibility index (Phi) is 6.28. The Hall–Kier alpha value is -1.75. The van der Waals surface area contributed by atoms with Crippen LogP contribution in [-0.2, 0) is 0 Å². The standard InChI is InChI=1S/C16H13Cl3N2O2/c17-11-3-1-2-10(8-11)15(22)20-6-7-21-16(23)13-5-4-12(18)9-14(13)19/h1-5,8-9H,6-7H2,(H,20,22)(H,21,23). The minimum absolute atomic E-state index is 0.258. The molecular formula is C16H13Cl3N2O2. The summed E-state index contributed by atoms with van der Waals surface area (Å²) in [5, 5.41) is 6.58. The Morgan fingerprint density at radius 3 is 2.13 bits per heavy atom. The number of nitrogens with one attached hydrogen (secondary N) is 2. The molecule has 2 rings (SSSR count). The van der Waals surface area contributed by atoms with Crippen LogP contribution in [0.5, 0.6) is 0 Å². The number of benzene rings is 2. The van der Waals surface area contributed by atoms with Crippen LogP contribution in [0.25, 0.3) is 0 Å². The summed E-state index contributed by atoms with van der Waals surface area (Å²) in [6.45, 7) is 0.548. The molecule has 2 aromatic carbocycles. The zero-order chi connectivity index (χ0) is 16.8. The molecule has 4 nitrogen and oxygen atoms in total. The predicted molar refractivity (Wildman–Crippen MR) is 92.6 cm³/mol. The van der Waals surface area contributed by atoms with Crippen molar-refractivity contribution < 1.29 is 9.59 Å². The number of amides is 2. The number of hydrogen-bond donors (Lipinski definition) is 2. The second-order valence-electron chi connectivity index (χ2n) is 4.65. The van der Waals surface area contributed by atoms with E-state index in [9.17, 15) is 9.59 Å². The fourth-order valence-electron chi connectivity index (χ4n) is 1.85. The van der Waals surface area contributed by atoms with Gasteiger partial charge in [0.2, 0.25) is 0 Å². The molecular weight excluding hydrogens is 359 g/mol. The summed E-state index contributed by atoms with van der Waals surface area (Å²) in [6, 6.07) is 11.2. The number of carbonyl (C=O) groups is 2. The second-order valence-corrected chi connectivity index (χ2v) is 5.93. The average molecular weight is 372 g/mol. The Bertz CT molecular complexity index is 735. The molecule has 0 aliphatic heterocycles. The highest BCUT2D eigenvalue weighted by molar-refractivity contribution is 6.36. The summed E-state index contributed by atoms with van der Waals surface area (Å²) in [7, 11) is 0. The number of halogens is 3. The Morgan fingerprint density at radius 1 is 0.826 bits per heavy atom. The van der Waals surface area contributed by atoms with E-state index in [-0.39, 0.29) is 29.9 Å². The first-order valence-corrected chi connectivity index (χ1v) is 7.88. The highest BCUT2D eigenvalue weighted by Crippen LogP contribution is 2.20. The highest BCUT2D eigenvalue weighted by atomic mass is 35.5. The monoisotopic (exact) mass is 370 g/mol. The van der Waals surface area contributed by atoms with E-state index in [0.29, 0.717) is 21.2 Å². The van der Waals surface area contributed by atoms with E-state index in [1.165, 1.54) is 6.07 Å². The lowest BCUT2D eigenvalue weighted by Gasteiger charge is -2.08. The van der Waals surface area contributed by atoms with Gasteiger partial charge in [-0.15, -0.1) is 0 Å². The topological polar surface area (TPSA) is 58.2 Å². The van der Waals surface area contributed by atoms with Crippen LogP contribution >= 0.6 is 34.8 Å². The van der Waals surface area contributed by atoms with Crippen LogP contribution in [-0.4, -0.2) is 24.9 Å². The quantitative estimate of drug-likeness (QED) is 0.785. The molecule has 120 valence electrons. The molecule has 0 bridgehead atoms. The Morgan fingerprint density at radius 2 is 1.48 bits per heavy atom. The summed E-state index contributed by atoms with van der Waals surface area (Å²) in [5.41, 5.74) is 0.793. The van der Waals surface area contributed by atoms with E-state index < -0.39 is 0 Å². The molecule has 0 unspecified atom stereocenters. The zero-order valence-corrected chi connectivity index (χ0v) is 14.2. The van der Waals surface area contributed by atoms with E-state index in [2.05, 4.69) is 10.6 Å². The van der Waals surface area contributed by atoms with Crippen molar-refractivity contribution in [2.75, 3.05) is 13.1 Å². The van der Waals surface area contributed by atoms with Crippen molar-refractivity contribution in [3.05, 3.63) is 68.7 Å². The smallest absolute Gasteiger partial charge is 0.252 e. The van der Waals surface area contributed by atoms with Gasteiger partial charge in [-0.2, -0.15) is 0 Å². The maximum absolute atomic E-state index is 12.0. The fourth-order valence-corrected chi connectivity index (χ4v) is 2.54. The molecule has 0 fully saturated rings. The van der Waals surface area contributed by atoms with Crippen LogP contribution in [0.1, 0.15) is 20.7 Å². The van der Waals surface area contributed by atoms with Crippen LogP contribution in [0, 0.1) is 0 Å². The van der Waals surface area contributed by atoms with Crippen LogP contribution in [0.2, 0.25) is 15.1 Å². The van der Waals surface area contributed by atoms with Crippen molar-refractivity contribution in [3.8, 4) is 0 Å². The highest BCUT2D eigenvalue weighted by Gasteiger charge is 2.10. The molecule has 0 aliphatic rings. The first-order valence-electron chi connectivity index (χ1n) is 6.74.